The molecule has 0 radical (unpaired) electrons. The van der Waals surface area contributed by atoms with Crippen LogP contribution in [-0.2, 0) is 6.54 Å². The minimum Gasteiger partial charge on any atom is -0.273 e. The fourth-order valence-corrected chi connectivity index (χ4v) is 1.14. The van der Waals surface area contributed by atoms with Gasteiger partial charge in [-0.05, 0) is 25.8 Å². The molecule has 0 aliphatic rings. The van der Waals surface area contributed by atoms with Crippen molar-refractivity contribution in [2.24, 2.45) is 0 Å². The molecular formula is C9H14F2N2. The predicted molar refractivity (Wildman–Crippen MR) is 46.7 cm³/mol. The van der Waals surface area contributed by atoms with E-state index in [1.165, 1.54) is 0 Å². The van der Waals surface area contributed by atoms with Crippen molar-refractivity contribution in [2.45, 2.75) is 38.7 Å². The second kappa shape index (κ2) is 4.35. The van der Waals surface area contributed by atoms with Crippen molar-refractivity contribution in [3.05, 3.63) is 18.5 Å². The summed E-state index contributed by atoms with van der Waals surface area (Å²) in [6, 6.07) is 1.83. The van der Waals surface area contributed by atoms with Crippen LogP contribution < -0.4 is 0 Å². The Hall–Kier alpha value is -0.930. The van der Waals surface area contributed by atoms with Crippen LogP contribution in [0.25, 0.3) is 0 Å². The van der Waals surface area contributed by atoms with Gasteiger partial charge in [0.1, 0.15) is 0 Å². The van der Waals surface area contributed by atoms with Gasteiger partial charge in [-0.3, -0.25) is 4.68 Å². The lowest BCUT2D eigenvalue weighted by atomic mass is 10.1. The molecule has 0 aliphatic heterocycles. The zero-order valence-corrected chi connectivity index (χ0v) is 7.71. The Kier molecular flexibility index (Phi) is 3.39. The summed E-state index contributed by atoms with van der Waals surface area (Å²) in [6.07, 6.45) is 4.79. The van der Waals surface area contributed by atoms with Crippen LogP contribution in [0.3, 0.4) is 0 Å². The highest BCUT2D eigenvalue weighted by atomic mass is 19.3. The molecule has 1 aromatic heterocycles. The van der Waals surface area contributed by atoms with Gasteiger partial charge in [-0.2, -0.15) is 5.10 Å². The molecule has 2 nitrogen and oxygen atoms in total. The van der Waals surface area contributed by atoms with Crippen molar-refractivity contribution >= 4 is 0 Å². The summed E-state index contributed by atoms with van der Waals surface area (Å²) < 4.78 is 26.5. The van der Waals surface area contributed by atoms with E-state index in [-0.39, 0.29) is 6.42 Å². The first-order chi connectivity index (χ1) is 6.08. The number of rotatable bonds is 5. The lowest BCUT2D eigenvalue weighted by molar-refractivity contribution is 0.0102. The molecule has 74 valence electrons. The lowest BCUT2D eigenvalue weighted by Crippen LogP contribution is -2.09. The van der Waals surface area contributed by atoms with E-state index >= 15 is 0 Å². The average Bonchev–Trinajstić information content (AvgIpc) is 2.48. The van der Waals surface area contributed by atoms with Gasteiger partial charge >= 0.3 is 0 Å². The number of unbranched alkanes of at least 4 members (excludes halogenated alkanes) is 1. The van der Waals surface area contributed by atoms with Crippen molar-refractivity contribution in [3.8, 4) is 0 Å². The largest absolute Gasteiger partial charge is 0.273 e. The summed E-state index contributed by atoms with van der Waals surface area (Å²) in [5, 5.41) is 3.98. The summed E-state index contributed by atoms with van der Waals surface area (Å²) in [6.45, 7) is 1.68. The van der Waals surface area contributed by atoms with Crippen molar-refractivity contribution in [3.63, 3.8) is 0 Å². The van der Waals surface area contributed by atoms with Gasteiger partial charge in [0.25, 0.3) is 0 Å². The third-order valence-corrected chi connectivity index (χ3v) is 1.81. The quantitative estimate of drug-likeness (QED) is 0.649. The Morgan fingerprint density at radius 3 is 2.69 bits per heavy atom. The van der Waals surface area contributed by atoms with Gasteiger partial charge in [-0.15, -0.1) is 0 Å². The van der Waals surface area contributed by atoms with Gasteiger partial charge in [0, 0.05) is 25.4 Å². The molecule has 0 unspecified atom stereocenters. The van der Waals surface area contributed by atoms with E-state index < -0.39 is 5.92 Å². The summed E-state index contributed by atoms with van der Waals surface area (Å²) in [5.74, 6) is -2.52. The fourth-order valence-electron chi connectivity index (χ4n) is 1.14. The summed E-state index contributed by atoms with van der Waals surface area (Å²) in [4.78, 5) is 0. The van der Waals surface area contributed by atoms with Gasteiger partial charge in [0.2, 0.25) is 5.92 Å². The molecular weight excluding hydrogens is 174 g/mol. The highest BCUT2D eigenvalue weighted by Gasteiger charge is 2.19. The van der Waals surface area contributed by atoms with Crippen LogP contribution >= 0.6 is 0 Å². The van der Waals surface area contributed by atoms with Gasteiger partial charge in [-0.1, -0.05) is 0 Å². The molecule has 13 heavy (non-hydrogen) atoms. The molecule has 0 bridgehead atoms. The van der Waals surface area contributed by atoms with E-state index in [4.69, 9.17) is 0 Å². The normalized spacial score (nSPS) is 11.9. The molecule has 0 N–H and O–H groups in total. The van der Waals surface area contributed by atoms with E-state index in [1.807, 2.05) is 12.3 Å². The molecule has 1 aromatic rings. The standard InChI is InChI=1S/C9H14F2N2/c1-9(10,11)5-2-3-7-13-8-4-6-12-13/h4,6,8H,2-3,5,7H2,1H3. The Bertz CT molecular complexity index is 226. The van der Waals surface area contributed by atoms with Crippen molar-refractivity contribution in [1.82, 2.24) is 9.78 Å². The first-order valence-electron chi connectivity index (χ1n) is 4.43. The van der Waals surface area contributed by atoms with E-state index in [0.29, 0.717) is 6.42 Å². The molecule has 1 rings (SSSR count). The van der Waals surface area contributed by atoms with Crippen LogP contribution in [0.5, 0.6) is 0 Å². The molecule has 0 saturated carbocycles. The Labute approximate surface area is 76.6 Å². The first-order valence-corrected chi connectivity index (χ1v) is 4.43. The lowest BCUT2D eigenvalue weighted by Gasteiger charge is -2.08. The third kappa shape index (κ3) is 4.60. The van der Waals surface area contributed by atoms with Gasteiger partial charge in [0.15, 0.2) is 0 Å². The van der Waals surface area contributed by atoms with E-state index in [9.17, 15) is 8.78 Å². The molecule has 0 amide bonds. The molecule has 0 atom stereocenters. The van der Waals surface area contributed by atoms with Crippen molar-refractivity contribution in [2.75, 3.05) is 0 Å². The summed E-state index contributed by atoms with van der Waals surface area (Å²) in [5.41, 5.74) is 0. The number of hydrogen-bond acceptors (Lipinski definition) is 1. The molecule has 0 spiro atoms. The van der Waals surface area contributed by atoms with E-state index in [1.54, 1.807) is 10.9 Å². The maximum atomic E-state index is 12.4. The number of hydrogen-bond donors (Lipinski definition) is 0. The Morgan fingerprint density at radius 1 is 1.38 bits per heavy atom. The molecule has 0 aliphatic carbocycles. The van der Waals surface area contributed by atoms with Crippen LogP contribution in [0.15, 0.2) is 18.5 Å². The van der Waals surface area contributed by atoms with E-state index in [2.05, 4.69) is 5.10 Å². The first kappa shape index (κ1) is 10.2. The fraction of sp³-hybridized carbons (Fsp3) is 0.667. The minimum atomic E-state index is -2.52. The van der Waals surface area contributed by atoms with Crippen LogP contribution in [0.2, 0.25) is 0 Å². The smallest absolute Gasteiger partial charge is 0.245 e. The minimum absolute atomic E-state index is 0.0335. The molecule has 0 saturated heterocycles. The number of aryl methyl sites for hydroxylation is 1. The highest BCUT2D eigenvalue weighted by molar-refractivity contribution is 4.77. The van der Waals surface area contributed by atoms with Crippen LogP contribution in [0, 0.1) is 0 Å². The molecule has 0 aromatic carbocycles. The van der Waals surface area contributed by atoms with Gasteiger partial charge < -0.3 is 0 Å². The highest BCUT2D eigenvalue weighted by Crippen LogP contribution is 2.19. The number of alkyl halides is 2. The molecule has 0 fully saturated rings. The second-order valence-corrected chi connectivity index (χ2v) is 3.30. The van der Waals surface area contributed by atoms with Gasteiger partial charge in [0.05, 0.1) is 0 Å². The zero-order valence-electron chi connectivity index (χ0n) is 7.71. The van der Waals surface area contributed by atoms with Crippen LogP contribution in [0.1, 0.15) is 26.2 Å². The maximum Gasteiger partial charge on any atom is 0.245 e. The predicted octanol–water partition coefficient (Wildman–Crippen LogP) is 2.71. The monoisotopic (exact) mass is 188 g/mol. The maximum absolute atomic E-state index is 12.4. The topological polar surface area (TPSA) is 17.8 Å². The number of halogens is 2. The third-order valence-electron chi connectivity index (χ3n) is 1.81. The van der Waals surface area contributed by atoms with Crippen LogP contribution in [-0.4, -0.2) is 15.7 Å². The molecule has 1 heterocycles. The Morgan fingerprint density at radius 2 is 2.15 bits per heavy atom. The molecule has 4 heteroatoms. The summed E-state index contributed by atoms with van der Waals surface area (Å²) >= 11 is 0. The van der Waals surface area contributed by atoms with Crippen LogP contribution in [0.4, 0.5) is 8.78 Å². The SMILES string of the molecule is CC(F)(F)CCCCn1cccn1. The van der Waals surface area contributed by atoms with Crippen molar-refractivity contribution in [1.29, 1.82) is 0 Å². The van der Waals surface area contributed by atoms with Crippen molar-refractivity contribution < 1.29 is 8.78 Å². The zero-order chi connectivity index (χ0) is 9.73. The Balaban J connectivity index is 2.09. The second-order valence-electron chi connectivity index (χ2n) is 3.30. The summed E-state index contributed by atoms with van der Waals surface area (Å²) in [7, 11) is 0. The number of aromatic nitrogens is 2. The van der Waals surface area contributed by atoms with Gasteiger partial charge in [-0.25, -0.2) is 8.78 Å². The number of nitrogens with zero attached hydrogens (tertiary/aromatic N) is 2. The average molecular weight is 188 g/mol. The van der Waals surface area contributed by atoms with E-state index in [0.717, 1.165) is 19.9 Å².